The van der Waals surface area contributed by atoms with Crippen molar-refractivity contribution in [1.29, 1.82) is 0 Å². The van der Waals surface area contributed by atoms with Crippen molar-refractivity contribution in [2.75, 3.05) is 5.32 Å². The molecule has 1 amide bonds. The van der Waals surface area contributed by atoms with Crippen LogP contribution < -0.4 is 5.32 Å². The lowest BCUT2D eigenvalue weighted by molar-refractivity contribution is 0.102. The molecule has 3 rings (SSSR count). The molecule has 0 aliphatic heterocycles. The molecular formula is C16H12BrFN4O. The van der Waals surface area contributed by atoms with Gasteiger partial charge in [0.2, 0.25) is 5.95 Å². The summed E-state index contributed by atoms with van der Waals surface area (Å²) in [4.78, 5) is 16.1. The number of benzene rings is 2. The summed E-state index contributed by atoms with van der Waals surface area (Å²) in [5.74, 6) is -0.568. The fourth-order valence-corrected chi connectivity index (χ4v) is 2.24. The van der Waals surface area contributed by atoms with E-state index in [0.29, 0.717) is 12.1 Å². The molecule has 0 saturated carbocycles. The normalized spacial score (nSPS) is 10.5. The van der Waals surface area contributed by atoms with Gasteiger partial charge in [0.25, 0.3) is 5.91 Å². The second-order valence-corrected chi connectivity index (χ2v) is 5.77. The van der Waals surface area contributed by atoms with Gasteiger partial charge in [0.05, 0.1) is 6.54 Å². The van der Waals surface area contributed by atoms with Crippen molar-refractivity contribution in [2.24, 2.45) is 0 Å². The maximum atomic E-state index is 12.8. The van der Waals surface area contributed by atoms with Crippen LogP contribution >= 0.6 is 15.9 Å². The second kappa shape index (κ2) is 6.70. The molecule has 0 atom stereocenters. The molecule has 116 valence electrons. The number of halogens is 2. The molecule has 0 bridgehead atoms. The quantitative estimate of drug-likeness (QED) is 0.760. The Bertz CT molecular complexity index is 815. The van der Waals surface area contributed by atoms with Crippen LogP contribution in [0.3, 0.4) is 0 Å². The fourth-order valence-electron chi connectivity index (χ4n) is 1.98. The van der Waals surface area contributed by atoms with Gasteiger partial charge in [-0.1, -0.05) is 28.1 Å². The number of anilines is 1. The van der Waals surface area contributed by atoms with E-state index in [1.54, 1.807) is 11.0 Å². The third kappa shape index (κ3) is 4.01. The SMILES string of the molecule is O=C(Nc1ncn(Cc2ccc(Br)cc2)n1)c1ccc(F)cc1. The number of nitrogens with zero attached hydrogens (tertiary/aromatic N) is 3. The smallest absolute Gasteiger partial charge is 0.258 e. The molecular weight excluding hydrogens is 363 g/mol. The summed E-state index contributed by atoms with van der Waals surface area (Å²) in [5, 5.41) is 6.78. The summed E-state index contributed by atoms with van der Waals surface area (Å²) in [7, 11) is 0. The number of nitrogens with one attached hydrogen (secondary N) is 1. The Morgan fingerprint density at radius 1 is 1.13 bits per heavy atom. The number of hydrogen-bond acceptors (Lipinski definition) is 3. The molecule has 0 unspecified atom stereocenters. The van der Waals surface area contributed by atoms with Gasteiger partial charge in [0.1, 0.15) is 12.1 Å². The van der Waals surface area contributed by atoms with E-state index in [4.69, 9.17) is 0 Å². The molecule has 3 aromatic rings. The van der Waals surface area contributed by atoms with Gasteiger partial charge in [0, 0.05) is 10.0 Å². The first kappa shape index (κ1) is 15.4. The van der Waals surface area contributed by atoms with E-state index in [1.807, 2.05) is 24.3 Å². The molecule has 0 aliphatic rings. The van der Waals surface area contributed by atoms with Crippen LogP contribution in [0.15, 0.2) is 59.3 Å². The third-order valence-electron chi connectivity index (χ3n) is 3.13. The Morgan fingerprint density at radius 2 is 1.83 bits per heavy atom. The highest BCUT2D eigenvalue weighted by Crippen LogP contribution is 2.12. The van der Waals surface area contributed by atoms with E-state index in [1.165, 1.54) is 24.3 Å². The van der Waals surface area contributed by atoms with Crippen LogP contribution in [-0.2, 0) is 6.54 Å². The number of rotatable bonds is 4. The molecule has 7 heteroatoms. The predicted octanol–water partition coefficient (Wildman–Crippen LogP) is 3.48. The van der Waals surface area contributed by atoms with E-state index in [0.717, 1.165) is 10.0 Å². The van der Waals surface area contributed by atoms with Crippen LogP contribution in [0.4, 0.5) is 10.3 Å². The van der Waals surface area contributed by atoms with Gasteiger partial charge in [-0.15, -0.1) is 5.10 Å². The predicted molar refractivity (Wildman–Crippen MR) is 87.6 cm³/mol. The highest BCUT2D eigenvalue weighted by molar-refractivity contribution is 9.10. The van der Waals surface area contributed by atoms with E-state index < -0.39 is 5.82 Å². The highest BCUT2D eigenvalue weighted by Gasteiger charge is 2.09. The minimum atomic E-state index is -0.390. The highest BCUT2D eigenvalue weighted by atomic mass is 79.9. The minimum absolute atomic E-state index is 0.205. The zero-order valence-corrected chi connectivity index (χ0v) is 13.5. The lowest BCUT2D eigenvalue weighted by atomic mass is 10.2. The molecule has 1 N–H and O–H groups in total. The van der Waals surface area contributed by atoms with Crippen molar-refractivity contribution in [3.8, 4) is 0 Å². The summed E-state index contributed by atoms with van der Waals surface area (Å²) in [5.41, 5.74) is 1.41. The maximum Gasteiger partial charge on any atom is 0.258 e. The van der Waals surface area contributed by atoms with Gasteiger partial charge < -0.3 is 0 Å². The summed E-state index contributed by atoms with van der Waals surface area (Å²) in [6.07, 6.45) is 1.54. The monoisotopic (exact) mass is 374 g/mol. The molecule has 5 nitrogen and oxygen atoms in total. The van der Waals surface area contributed by atoms with Crippen molar-refractivity contribution in [1.82, 2.24) is 14.8 Å². The number of aromatic nitrogens is 3. The number of hydrogen-bond donors (Lipinski definition) is 1. The average Bonchev–Trinajstić information content (AvgIpc) is 2.97. The topological polar surface area (TPSA) is 59.8 Å². The molecule has 2 aromatic carbocycles. The zero-order chi connectivity index (χ0) is 16.2. The van der Waals surface area contributed by atoms with Crippen LogP contribution in [0.5, 0.6) is 0 Å². The number of amides is 1. The Kier molecular flexibility index (Phi) is 4.47. The molecule has 0 saturated heterocycles. The van der Waals surface area contributed by atoms with Crippen molar-refractivity contribution < 1.29 is 9.18 Å². The lowest BCUT2D eigenvalue weighted by Gasteiger charge is -2.02. The van der Waals surface area contributed by atoms with Gasteiger partial charge in [-0.2, -0.15) is 0 Å². The first-order valence-corrected chi connectivity index (χ1v) is 7.60. The number of carbonyl (C=O) groups is 1. The number of carbonyl (C=O) groups excluding carboxylic acids is 1. The molecule has 1 heterocycles. The summed E-state index contributed by atoms with van der Waals surface area (Å²) >= 11 is 3.38. The van der Waals surface area contributed by atoms with Crippen molar-refractivity contribution in [2.45, 2.75) is 6.54 Å². The van der Waals surface area contributed by atoms with Crippen molar-refractivity contribution in [3.63, 3.8) is 0 Å². The second-order valence-electron chi connectivity index (χ2n) is 4.85. The molecule has 0 radical (unpaired) electrons. The van der Waals surface area contributed by atoms with E-state index in [-0.39, 0.29) is 11.9 Å². The average molecular weight is 375 g/mol. The largest absolute Gasteiger partial charge is 0.289 e. The van der Waals surface area contributed by atoms with Gasteiger partial charge in [0.15, 0.2) is 0 Å². The molecule has 23 heavy (non-hydrogen) atoms. The van der Waals surface area contributed by atoms with Crippen LogP contribution in [0.25, 0.3) is 0 Å². The van der Waals surface area contributed by atoms with Gasteiger partial charge in [-0.05, 0) is 42.0 Å². The Balaban J connectivity index is 1.66. The van der Waals surface area contributed by atoms with E-state index in [2.05, 4.69) is 31.3 Å². The molecule has 0 spiro atoms. The van der Waals surface area contributed by atoms with Crippen LogP contribution in [0.2, 0.25) is 0 Å². The summed E-state index contributed by atoms with van der Waals surface area (Å²) < 4.78 is 15.5. The van der Waals surface area contributed by atoms with E-state index >= 15 is 0 Å². The first-order chi connectivity index (χ1) is 11.1. The first-order valence-electron chi connectivity index (χ1n) is 6.81. The van der Waals surface area contributed by atoms with Crippen LogP contribution in [-0.4, -0.2) is 20.7 Å². The minimum Gasteiger partial charge on any atom is -0.289 e. The summed E-state index contributed by atoms with van der Waals surface area (Å²) in [6.45, 7) is 0.548. The standard InChI is InChI=1S/C16H12BrFN4O/c17-13-5-1-11(2-6-13)9-22-10-19-16(21-22)20-15(23)12-3-7-14(18)8-4-12/h1-8,10H,9H2,(H,20,21,23). The Hall–Kier alpha value is -2.54. The Morgan fingerprint density at radius 3 is 2.52 bits per heavy atom. The van der Waals surface area contributed by atoms with Gasteiger partial charge in [-0.25, -0.2) is 14.1 Å². The van der Waals surface area contributed by atoms with Crippen LogP contribution in [0.1, 0.15) is 15.9 Å². The van der Waals surface area contributed by atoms with Gasteiger partial charge in [-0.3, -0.25) is 10.1 Å². The van der Waals surface area contributed by atoms with Crippen molar-refractivity contribution in [3.05, 3.63) is 76.3 Å². The van der Waals surface area contributed by atoms with Crippen molar-refractivity contribution >= 4 is 27.8 Å². The van der Waals surface area contributed by atoms with Gasteiger partial charge >= 0.3 is 0 Å². The van der Waals surface area contributed by atoms with Crippen LogP contribution in [0, 0.1) is 5.82 Å². The van der Waals surface area contributed by atoms with E-state index in [9.17, 15) is 9.18 Å². The third-order valence-corrected chi connectivity index (χ3v) is 3.65. The maximum absolute atomic E-state index is 12.8. The lowest BCUT2D eigenvalue weighted by Crippen LogP contribution is -2.13. The summed E-state index contributed by atoms with van der Waals surface area (Å²) in [6, 6.07) is 13.1. The molecule has 0 fully saturated rings. The zero-order valence-electron chi connectivity index (χ0n) is 11.9. The molecule has 1 aromatic heterocycles. The molecule has 0 aliphatic carbocycles. The Labute approximate surface area is 140 Å². The fraction of sp³-hybridized carbons (Fsp3) is 0.0625.